The fraction of sp³-hybridized carbons (Fsp3) is 0.333. The molecule has 4 aromatic rings. The van der Waals surface area contributed by atoms with E-state index in [2.05, 4.69) is 60.7 Å². The van der Waals surface area contributed by atoms with E-state index in [1.807, 2.05) is 12.1 Å². The molecular weight excluding hydrogens is 412 g/mol. The molecule has 0 amide bonds. The first-order chi connectivity index (χ1) is 15.6. The van der Waals surface area contributed by atoms with Crippen LogP contribution >= 0.6 is 11.6 Å². The molecule has 160 valence electrons. The van der Waals surface area contributed by atoms with Gasteiger partial charge in [0.2, 0.25) is 0 Å². The number of halogens is 1. The second kappa shape index (κ2) is 6.83. The third-order valence-electron chi connectivity index (χ3n) is 8.81. The summed E-state index contributed by atoms with van der Waals surface area (Å²) in [4.78, 5) is 0. The lowest BCUT2D eigenvalue weighted by Gasteiger charge is -2.59. The molecule has 4 aromatic carbocycles. The van der Waals surface area contributed by atoms with Gasteiger partial charge < -0.3 is 5.11 Å². The lowest BCUT2D eigenvalue weighted by Crippen LogP contribution is -2.55. The lowest BCUT2D eigenvalue weighted by atomic mass is 9.48. The molecule has 4 saturated carbocycles. The Hall–Kier alpha value is -2.35. The van der Waals surface area contributed by atoms with Crippen molar-refractivity contribution < 1.29 is 5.11 Å². The highest BCUT2D eigenvalue weighted by Crippen LogP contribution is 2.62. The molecule has 4 bridgehead atoms. The van der Waals surface area contributed by atoms with Gasteiger partial charge in [0.25, 0.3) is 0 Å². The molecule has 1 nitrogen and oxygen atoms in total. The quantitative estimate of drug-likeness (QED) is 0.336. The van der Waals surface area contributed by atoms with E-state index in [1.54, 1.807) is 0 Å². The van der Waals surface area contributed by atoms with Crippen LogP contribution < -0.4 is 0 Å². The molecule has 32 heavy (non-hydrogen) atoms. The first-order valence-electron chi connectivity index (χ1n) is 12.0. The summed E-state index contributed by atoms with van der Waals surface area (Å²) >= 11 is 6.22. The molecule has 1 N–H and O–H groups in total. The Balaban J connectivity index is 1.47. The molecule has 0 radical (unpaired) electrons. The van der Waals surface area contributed by atoms with E-state index in [0.29, 0.717) is 11.8 Å². The van der Waals surface area contributed by atoms with Crippen LogP contribution in [0.1, 0.15) is 37.7 Å². The van der Waals surface area contributed by atoms with Crippen LogP contribution in [0, 0.1) is 23.7 Å². The van der Waals surface area contributed by atoms with Crippen molar-refractivity contribution in [2.45, 2.75) is 37.7 Å². The largest absolute Gasteiger partial charge is 0.385 e. The first-order valence-corrected chi connectivity index (χ1v) is 12.4. The third kappa shape index (κ3) is 2.74. The fourth-order valence-electron chi connectivity index (χ4n) is 7.54. The SMILES string of the molecule is OC1(c2cc3ccccc3cc2-c2ccc3cc(Cl)ccc3c2)C2CC3CC(C2)CC1C3. The monoisotopic (exact) mass is 438 g/mol. The van der Waals surface area contributed by atoms with E-state index < -0.39 is 5.60 Å². The highest BCUT2D eigenvalue weighted by Gasteiger charge is 2.57. The van der Waals surface area contributed by atoms with Crippen LogP contribution in [-0.4, -0.2) is 5.11 Å². The van der Waals surface area contributed by atoms with Gasteiger partial charge in [0.1, 0.15) is 0 Å². The van der Waals surface area contributed by atoms with E-state index in [-0.39, 0.29) is 0 Å². The minimum absolute atomic E-state index is 0.387. The van der Waals surface area contributed by atoms with Crippen molar-refractivity contribution in [2.24, 2.45) is 23.7 Å². The summed E-state index contributed by atoms with van der Waals surface area (Å²) in [5.41, 5.74) is 2.80. The normalized spacial score (nSPS) is 30.9. The van der Waals surface area contributed by atoms with Crippen LogP contribution in [0.25, 0.3) is 32.7 Å². The summed E-state index contributed by atoms with van der Waals surface area (Å²) in [6.07, 6.45) is 6.14. The minimum Gasteiger partial charge on any atom is -0.385 e. The van der Waals surface area contributed by atoms with E-state index in [9.17, 15) is 5.11 Å². The van der Waals surface area contributed by atoms with Crippen LogP contribution in [0.2, 0.25) is 5.02 Å². The molecule has 4 fully saturated rings. The number of benzene rings is 4. The summed E-state index contributed by atoms with van der Waals surface area (Å²) in [5.74, 6) is 2.43. The van der Waals surface area contributed by atoms with Crippen LogP contribution in [0.3, 0.4) is 0 Å². The summed E-state index contributed by atoms with van der Waals surface area (Å²) in [5, 5.41) is 18.0. The summed E-state index contributed by atoms with van der Waals surface area (Å²) in [6.45, 7) is 0. The van der Waals surface area contributed by atoms with E-state index in [1.165, 1.54) is 59.4 Å². The smallest absolute Gasteiger partial charge is 0.0959 e. The van der Waals surface area contributed by atoms with Crippen LogP contribution in [0.5, 0.6) is 0 Å². The van der Waals surface area contributed by atoms with Crippen molar-refractivity contribution in [3.63, 3.8) is 0 Å². The zero-order valence-electron chi connectivity index (χ0n) is 18.1. The van der Waals surface area contributed by atoms with Crippen molar-refractivity contribution in [3.05, 3.63) is 83.4 Å². The third-order valence-corrected chi connectivity index (χ3v) is 9.05. The molecule has 8 rings (SSSR count). The Labute approximate surface area is 194 Å². The molecule has 2 heteroatoms. The van der Waals surface area contributed by atoms with E-state index >= 15 is 0 Å². The predicted molar refractivity (Wildman–Crippen MR) is 133 cm³/mol. The molecule has 0 unspecified atom stereocenters. The van der Waals surface area contributed by atoms with Crippen molar-refractivity contribution in [3.8, 4) is 11.1 Å². The van der Waals surface area contributed by atoms with Crippen LogP contribution in [0.15, 0.2) is 72.8 Å². The van der Waals surface area contributed by atoms with Gasteiger partial charge in [-0.2, -0.15) is 0 Å². The van der Waals surface area contributed by atoms with Gasteiger partial charge in [0.15, 0.2) is 0 Å². The van der Waals surface area contributed by atoms with Gasteiger partial charge in [-0.3, -0.25) is 0 Å². The van der Waals surface area contributed by atoms with Crippen LogP contribution in [-0.2, 0) is 5.60 Å². The Kier molecular flexibility index (Phi) is 4.08. The Bertz CT molecular complexity index is 1340. The molecule has 0 saturated heterocycles. The number of rotatable bonds is 2. The minimum atomic E-state index is -0.720. The zero-order valence-corrected chi connectivity index (χ0v) is 18.9. The molecular formula is C30H27ClO. The maximum absolute atomic E-state index is 12.5. The summed E-state index contributed by atoms with van der Waals surface area (Å²) < 4.78 is 0. The van der Waals surface area contributed by atoms with E-state index in [0.717, 1.165) is 27.8 Å². The van der Waals surface area contributed by atoms with Gasteiger partial charge >= 0.3 is 0 Å². The number of hydrogen-bond acceptors (Lipinski definition) is 1. The van der Waals surface area contributed by atoms with Gasteiger partial charge in [0.05, 0.1) is 5.60 Å². The average molecular weight is 439 g/mol. The summed E-state index contributed by atoms with van der Waals surface area (Å²) in [6, 6.07) is 25.9. The molecule has 0 atom stereocenters. The topological polar surface area (TPSA) is 20.2 Å². The molecule has 0 aliphatic heterocycles. The molecule has 0 spiro atoms. The van der Waals surface area contributed by atoms with Gasteiger partial charge in [-0.05, 0) is 124 Å². The van der Waals surface area contributed by atoms with Crippen molar-refractivity contribution in [2.75, 3.05) is 0 Å². The van der Waals surface area contributed by atoms with Gasteiger partial charge in [-0.15, -0.1) is 0 Å². The maximum atomic E-state index is 12.5. The maximum Gasteiger partial charge on any atom is 0.0959 e. The standard InChI is InChI=1S/C30H27ClO/c31-27-8-7-22-14-24(6-5-23(22)15-27)28-16-20-3-1-2-4-21(20)17-29(28)30(32)25-10-18-9-19(12-25)13-26(30)11-18/h1-8,14-19,25-26,32H,9-13H2. The highest BCUT2D eigenvalue weighted by atomic mass is 35.5. The highest BCUT2D eigenvalue weighted by molar-refractivity contribution is 6.31. The molecule has 4 aliphatic rings. The number of aliphatic hydroxyl groups is 1. The van der Waals surface area contributed by atoms with E-state index in [4.69, 9.17) is 11.6 Å². The molecule has 0 heterocycles. The Morgan fingerprint density at radius 2 is 1.25 bits per heavy atom. The molecule has 4 aliphatic carbocycles. The van der Waals surface area contributed by atoms with Crippen LogP contribution in [0.4, 0.5) is 0 Å². The zero-order chi connectivity index (χ0) is 21.4. The van der Waals surface area contributed by atoms with Gasteiger partial charge in [-0.25, -0.2) is 0 Å². The Morgan fingerprint density at radius 1 is 0.656 bits per heavy atom. The second-order valence-electron chi connectivity index (χ2n) is 10.6. The van der Waals surface area contributed by atoms with Gasteiger partial charge in [-0.1, -0.05) is 54.1 Å². The predicted octanol–water partition coefficient (Wildman–Crippen LogP) is 7.96. The first kappa shape index (κ1) is 19.1. The molecule has 0 aromatic heterocycles. The Morgan fingerprint density at radius 3 is 1.97 bits per heavy atom. The summed E-state index contributed by atoms with van der Waals surface area (Å²) in [7, 11) is 0. The number of fused-ring (bicyclic) bond motifs is 2. The average Bonchev–Trinajstić information content (AvgIpc) is 2.81. The number of hydrogen-bond donors (Lipinski definition) is 1. The van der Waals surface area contributed by atoms with Gasteiger partial charge in [0, 0.05) is 5.02 Å². The second-order valence-corrected chi connectivity index (χ2v) is 11.0. The van der Waals surface area contributed by atoms with Crippen molar-refractivity contribution in [1.29, 1.82) is 0 Å². The van der Waals surface area contributed by atoms with Crippen molar-refractivity contribution in [1.82, 2.24) is 0 Å². The fourth-order valence-corrected chi connectivity index (χ4v) is 7.72. The van der Waals surface area contributed by atoms with Crippen molar-refractivity contribution >= 4 is 33.1 Å². The lowest BCUT2D eigenvalue weighted by molar-refractivity contribution is -0.179.